The van der Waals surface area contributed by atoms with Crippen molar-refractivity contribution < 1.29 is 9.84 Å². The zero-order chi connectivity index (χ0) is 28.4. The van der Waals surface area contributed by atoms with Crippen molar-refractivity contribution in [2.24, 2.45) is 0 Å². The third-order valence-corrected chi connectivity index (χ3v) is 11.3. The average Bonchev–Trinajstić information content (AvgIpc) is 3.65. The summed E-state index contributed by atoms with van der Waals surface area (Å²) in [5, 5.41) is 26.9. The van der Waals surface area contributed by atoms with Gasteiger partial charge in [-0.3, -0.25) is 4.90 Å². The minimum atomic E-state index is 0. The van der Waals surface area contributed by atoms with Crippen LogP contribution in [0.4, 0.5) is 11.5 Å². The van der Waals surface area contributed by atoms with Gasteiger partial charge in [0.2, 0.25) is 5.88 Å². The largest absolute Gasteiger partial charge is 0.508 e. The molecule has 0 radical (unpaired) electrons. The molecule has 3 aromatic rings. The van der Waals surface area contributed by atoms with Gasteiger partial charge >= 0.3 is 0 Å². The lowest BCUT2D eigenvalue weighted by molar-refractivity contribution is 0.110. The molecule has 0 unspecified atom stereocenters. The lowest BCUT2D eigenvalue weighted by atomic mass is 9.93. The number of nitrogens with one attached hydrogen (secondary N) is 1. The van der Waals surface area contributed by atoms with Gasteiger partial charge in [0.1, 0.15) is 29.8 Å². The van der Waals surface area contributed by atoms with E-state index in [2.05, 4.69) is 42.0 Å². The molecule has 5 aliphatic heterocycles. The number of nitriles is 1. The van der Waals surface area contributed by atoms with Gasteiger partial charge in [-0.25, -0.2) is 0 Å². The molecule has 8 rings (SSSR count). The number of anilines is 2. The van der Waals surface area contributed by atoms with E-state index in [1.165, 1.54) is 18.4 Å². The number of benzene rings is 2. The molecular formula is C33H38BrClN6O2. The minimum absolute atomic E-state index is 0. The zero-order valence-corrected chi connectivity index (χ0v) is 26.7. The molecule has 226 valence electrons. The highest BCUT2D eigenvalue weighted by atomic mass is 79.9. The number of ether oxygens (including phenoxy) is 1. The van der Waals surface area contributed by atoms with E-state index in [9.17, 15) is 10.4 Å². The Balaban J connectivity index is 0.00000300. The smallest absolute Gasteiger partial charge is 0.234 e. The van der Waals surface area contributed by atoms with Gasteiger partial charge < -0.3 is 25.0 Å². The summed E-state index contributed by atoms with van der Waals surface area (Å²) in [4.78, 5) is 12.7. The highest BCUT2D eigenvalue weighted by Gasteiger charge is 2.46. The topological polar surface area (TPSA) is 87.9 Å². The van der Waals surface area contributed by atoms with Crippen molar-refractivity contribution in [3.63, 3.8) is 0 Å². The SMILES string of the molecule is Cl.N#Cc1c(OCC23CCCN2CCC3)nc(N2[C@@H]3CC[C@H]2CNC3)c2c1CN(c1cc(O)cc3cccc(Br)c13)CC2. The fourth-order valence-electron chi connectivity index (χ4n) is 8.61. The first kappa shape index (κ1) is 29.0. The summed E-state index contributed by atoms with van der Waals surface area (Å²) in [6.45, 7) is 6.17. The second-order valence-corrected chi connectivity index (χ2v) is 13.7. The van der Waals surface area contributed by atoms with Crippen LogP contribution in [0.5, 0.6) is 11.6 Å². The Bertz CT molecular complexity index is 1580. The maximum absolute atomic E-state index is 10.7. The number of hydrogen-bond acceptors (Lipinski definition) is 8. The Morgan fingerprint density at radius 1 is 1.09 bits per heavy atom. The van der Waals surface area contributed by atoms with Crippen LogP contribution in [0.3, 0.4) is 0 Å². The molecule has 8 nitrogen and oxygen atoms in total. The summed E-state index contributed by atoms with van der Waals surface area (Å²) >= 11 is 3.76. The number of aromatic nitrogens is 1. The Morgan fingerprint density at radius 3 is 2.60 bits per heavy atom. The van der Waals surface area contributed by atoms with Crippen LogP contribution in [0.1, 0.15) is 55.2 Å². The molecular weight excluding hydrogens is 628 g/mol. The van der Waals surface area contributed by atoms with E-state index in [0.717, 1.165) is 97.1 Å². The first-order valence-corrected chi connectivity index (χ1v) is 16.3. The van der Waals surface area contributed by atoms with Gasteiger partial charge in [0, 0.05) is 71.0 Å². The molecule has 4 fully saturated rings. The van der Waals surface area contributed by atoms with E-state index in [0.29, 0.717) is 36.7 Å². The van der Waals surface area contributed by atoms with Crippen LogP contribution in [0.15, 0.2) is 34.8 Å². The van der Waals surface area contributed by atoms with Crippen molar-refractivity contribution in [1.82, 2.24) is 15.2 Å². The number of phenols is 1. The summed E-state index contributed by atoms with van der Waals surface area (Å²) in [7, 11) is 0. The van der Waals surface area contributed by atoms with E-state index in [1.807, 2.05) is 30.3 Å². The Labute approximate surface area is 267 Å². The molecule has 2 aromatic carbocycles. The molecule has 2 bridgehead atoms. The summed E-state index contributed by atoms with van der Waals surface area (Å²) in [6, 6.07) is 13.1. The second-order valence-electron chi connectivity index (χ2n) is 12.8. The Kier molecular flexibility index (Phi) is 7.61. The van der Waals surface area contributed by atoms with Gasteiger partial charge in [-0.05, 0) is 75.6 Å². The number of pyridine rings is 1. The van der Waals surface area contributed by atoms with Crippen molar-refractivity contribution in [2.75, 3.05) is 49.1 Å². The number of aromatic hydroxyl groups is 1. The number of halogens is 2. The number of piperazine rings is 1. The quantitative estimate of drug-likeness (QED) is 0.369. The van der Waals surface area contributed by atoms with Crippen LogP contribution < -0.4 is 19.9 Å². The van der Waals surface area contributed by atoms with Gasteiger partial charge in [0.25, 0.3) is 0 Å². The van der Waals surface area contributed by atoms with E-state index in [1.54, 1.807) is 0 Å². The molecule has 0 saturated carbocycles. The minimum Gasteiger partial charge on any atom is -0.508 e. The maximum Gasteiger partial charge on any atom is 0.234 e. The first-order valence-electron chi connectivity index (χ1n) is 15.5. The molecule has 5 aliphatic rings. The molecule has 0 amide bonds. The highest BCUT2D eigenvalue weighted by Crippen LogP contribution is 2.44. The summed E-state index contributed by atoms with van der Waals surface area (Å²) < 4.78 is 7.67. The number of hydrogen-bond donors (Lipinski definition) is 2. The maximum atomic E-state index is 10.7. The standard InChI is InChI=1S/C33H37BrN6O2.ClH/c34-28-5-1-4-21-14-24(41)15-29(30(21)28)38-13-8-25-27(19-38)26(16-35)32(42-20-33-9-2-11-39(33)12-3-10-33)37-31(25)40-22-6-7-23(40)18-36-17-22;/h1,4-5,14-15,22-23,36,41H,2-3,6-13,17-20H2;1H/t22-,23+;. The van der Waals surface area contributed by atoms with E-state index >= 15 is 0 Å². The van der Waals surface area contributed by atoms with Gasteiger partial charge in [0.05, 0.1) is 5.54 Å². The zero-order valence-electron chi connectivity index (χ0n) is 24.3. The van der Waals surface area contributed by atoms with Gasteiger partial charge in [0.15, 0.2) is 0 Å². The van der Waals surface area contributed by atoms with Crippen LogP contribution >= 0.6 is 28.3 Å². The van der Waals surface area contributed by atoms with Crippen LogP contribution in [0.25, 0.3) is 10.8 Å². The lowest BCUT2D eigenvalue weighted by Crippen LogP contribution is -2.53. The van der Waals surface area contributed by atoms with Crippen LogP contribution in [0.2, 0.25) is 0 Å². The second kappa shape index (κ2) is 11.3. The fraction of sp³-hybridized carbons (Fsp3) is 0.515. The van der Waals surface area contributed by atoms with Gasteiger partial charge in [-0.15, -0.1) is 12.4 Å². The Morgan fingerprint density at radius 2 is 1.86 bits per heavy atom. The van der Waals surface area contributed by atoms with E-state index in [4.69, 9.17) is 9.72 Å². The molecule has 4 saturated heterocycles. The van der Waals surface area contributed by atoms with Crippen LogP contribution in [0, 0.1) is 11.3 Å². The number of nitrogens with zero attached hydrogens (tertiary/aromatic N) is 5. The first-order chi connectivity index (χ1) is 20.5. The number of phenolic OH excluding ortho intramolecular Hbond substituents is 1. The highest BCUT2D eigenvalue weighted by molar-refractivity contribution is 9.10. The molecule has 2 N–H and O–H groups in total. The third kappa shape index (κ3) is 4.73. The monoisotopic (exact) mass is 664 g/mol. The molecule has 0 spiro atoms. The Hall–Kier alpha value is -2.77. The molecule has 6 heterocycles. The van der Waals surface area contributed by atoms with Crippen molar-refractivity contribution >= 4 is 50.6 Å². The molecule has 43 heavy (non-hydrogen) atoms. The van der Waals surface area contributed by atoms with Crippen molar-refractivity contribution in [3.05, 3.63) is 51.5 Å². The fourth-order valence-corrected chi connectivity index (χ4v) is 9.19. The van der Waals surface area contributed by atoms with E-state index < -0.39 is 0 Å². The number of rotatable bonds is 5. The average molecular weight is 666 g/mol. The molecule has 2 atom stereocenters. The molecule has 1 aromatic heterocycles. The molecule has 0 aliphatic carbocycles. The lowest BCUT2D eigenvalue weighted by Gasteiger charge is -2.40. The van der Waals surface area contributed by atoms with Crippen molar-refractivity contribution in [2.45, 2.75) is 69.1 Å². The summed E-state index contributed by atoms with van der Waals surface area (Å²) in [5.74, 6) is 1.78. The predicted octanol–water partition coefficient (Wildman–Crippen LogP) is 5.51. The van der Waals surface area contributed by atoms with Crippen LogP contribution in [-0.4, -0.2) is 71.9 Å². The third-order valence-electron chi connectivity index (χ3n) is 10.6. The normalized spacial score (nSPS) is 24.0. The number of fused-ring (bicyclic) bond motifs is 5. The van der Waals surface area contributed by atoms with Gasteiger partial charge in [-0.2, -0.15) is 10.2 Å². The summed E-state index contributed by atoms with van der Waals surface area (Å²) in [5.41, 5.74) is 3.85. The van der Waals surface area contributed by atoms with Crippen LogP contribution in [-0.2, 0) is 13.0 Å². The van der Waals surface area contributed by atoms with Crippen molar-refractivity contribution in [3.8, 4) is 17.7 Å². The van der Waals surface area contributed by atoms with Crippen molar-refractivity contribution in [1.29, 1.82) is 5.26 Å². The molecule has 10 heteroatoms. The van der Waals surface area contributed by atoms with E-state index in [-0.39, 0.29) is 23.7 Å². The predicted molar refractivity (Wildman–Crippen MR) is 175 cm³/mol. The van der Waals surface area contributed by atoms with Gasteiger partial charge in [-0.1, -0.05) is 28.1 Å². The summed E-state index contributed by atoms with van der Waals surface area (Å²) in [6.07, 6.45) is 7.85.